The highest BCUT2D eigenvalue weighted by Crippen LogP contribution is 2.32. The standard InChI is InChI=1S/C18H22N4OS2/c1-2-8-19-17(24)21-18-20-16(14-6-4-3-5-7-14)15(25-18)13-22-9-11-23-12-10-22/h2-7H,1,8-13H2,(H2,19,20,21,24). The third-order valence-electron chi connectivity index (χ3n) is 3.84. The van der Waals surface area contributed by atoms with E-state index in [0.717, 1.165) is 49.2 Å². The Bertz CT molecular complexity index is 711. The van der Waals surface area contributed by atoms with Crippen LogP contribution >= 0.6 is 23.6 Å². The van der Waals surface area contributed by atoms with Gasteiger partial charge in [0.05, 0.1) is 18.9 Å². The summed E-state index contributed by atoms with van der Waals surface area (Å²) in [5.74, 6) is 0. The molecule has 2 N–H and O–H groups in total. The topological polar surface area (TPSA) is 49.4 Å². The maximum atomic E-state index is 5.45. The molecule has 0 atom stereocenters. The summed E-state index contributed by atoms with van der Waals surface area (Å²) in [5.41, 5.74) is 2.14. The molecule has 2 heterocycles. The van der Waals surface area contributed by atoms with Crippen LogP contribution in [0.4, 0.5) is 5.13 Å². The zero-order chi connectivity index (χ0) is 17.5. The van der Waals surface area contributed by atoms with E-state index in [1.165, 1.54) is 4.88 Å². The number of hydrogen-bond donors (Lipinski definition) is 2. The van der Waals surface area contributed by atoms with E-state index in [0.29, 0.717) is 11.7 Å². The molecule has 0 saturated carbocycles. The summed E-state index contributed by atoms with van der Waals surface area (Å²) in [4.78, 5) is 8.43. The van der Waals surface area contributed by atoms with Crippen molar-refractivity contribution in [3.8, 4) is 11.3 Å². The number of benzene rings is 1. The quantitative estimate of drug-likeness (QED) is 0.599. The van der Waals surface area contributed by atoms with Crippen LogP contribution < -0.4 is 10.6 Å². The molecule has 0 spiro atoms. The molecule has 7 heteroatoms. The van der Waals surface area contributed by atoms with E-state index >= 15 is 0 Å². The largest absolute Gasteiger partial charge is 0.379 e. The Morgan fingerprint density at radius 1 is 1.32 bits per heavy atom. The third kappa shape index (κ3) is 5.09. The van der Waals surface area contributed by atoms with Crippen LogP contribution in [0.5, 0.6) is 0 Å². The second-order valence-corrected chi connectivity index (χ2v) is 7.16. The fourth-order valence-electron chi connectivity index (χ4n) is 2.60. The lowest BCUT2D eigenvalue weighted by Crippen LogP contribution is -2.35. The van der Waals surface area contributed by atoms with Gasteiger partial charge in [-0.1, -0.05) is 47.7 Å². The van der Waals surface area contributed by atoms with E-state index in [4.69, 9.17) is 21.9 Å². The number of thiocarbonyl (C=S) groups is 1. The van der Waals surface area contributed by atoms with Crippen molar-refractivity contribution in [1.82, 2.24) is 15.2 Å². The van der Waals surface area contributed by atoms with E-state index in [1.54, 1.807) is 17.4 Å². The fourth-order valence-corrected chi connectivity index (χ4v) is 3.88. The number of hydrogen-bond acceptors (Lipinski definition) is 5. The highest BCUT2D eigenvalue weighted by molar-refractivity contribution is 7.80. The monoisotopic (exact) mass is 374 g/mol. The van der Waals surface area contributed by atoms with Crippen molar-refractivity contribution >= 4 is 33.8 Å². The Labute approximate surface area is 157 Å². The average molecular weight is 375 g/mol. The molecule has 1 aromatic heterocycles. The van der Waals surface area contributed by atoms with Crippen molar-refractivity contribution in [1.29, 1.82) is 0 Å². The lowest BCUT2D eigenvalue weighted by Gasteiger charge is -2.26. The molecule has 0 unspecified atom stereocenters. The first-order valence-electron chi connectivity index (χ1n) is 8.27. The van der Waals surface area contributed by atoms with E-state index in [2.05, 4.69) is 34.2 Å². The van der Waals surface area contributed by atoms with Gasteiger partial charge in [0, 0.05) is 36.6 Å². The number of morpholine rings is 1. The van der Waals surface area contributed by atoms with Gasteiger partial charge in [-0.05, 0) is 12.2 Å². The van der Waals surface area contributed by atoms with Crippen LogP contribution in [0.1, 0.15) is 4.88 Å². The third-order valence-corrected chi connectivity index (χ3v) is 5.04. The Kier molecular flexibility index (Phi) is 6.52. The summed E-state index contributed by atoms with van der Waals surface area (Å²) in [6.45, 7) is 8.68. The predicted molar refractivity (Wildman–Crippen MR) is 108 cm³/mol. The molecule has 5 nitrogen and oxygen atoms in total. The first-order valence-corrected chi connectivity index (χ1v) is 9.49. The second-order valence-electron chi connectivity index (χ2n) is 5.67. The van der Waals surface area contributed by atoms with E-state index in [1.807, 2.05) is 18.2 Å². The van der Waals surface area contributed by atoms with Crippen LogP contribution in [0.3, 0.4) is 0 Å². The van der Waals surface area contributed by atoms with Gasteiger partial charge in [-0.3, -0.25) is 4.90 Å². The summed E-state index contributed by atoms with van der Waals surface area (Å²) in [7, 11) is 0. The maximum Gasteiger partial charge on any atom is 0.189 e. The van der Waals surface area contributed by atoms with Crippen molar-refractivity contribution in [3.63, 3.8) is 0 Å². The summed E-state index contributed by atoms with van der Waals surface area (Å²) < 4.78 is 5.45. The lowest BCUT2D eigenvalue weighted by atomic mass is 10.1. The molecule has 1 fully saturated rings. The maximum absolute atomic E-state index is 5.45. The van der Waals surface area contributed by atoms with E-state index in [-0.39, 0.29) is 0 Å². The zero-order valence-corrected chi connectivity index (χ0v) is 15.7. The van der Waals surface area contributed by atoms with Gasteiger partial charge in [0.15, 0.2) is 10.2 Å². The van der Waals surface area contributed by atoms with Crippen molar-refractivity contribution in [2.45, 2.75) is 6.54 Å². The van der Waals surface area contributed by atoms with Crippen molar-refractivity contribution < 1.29 is 4.74 Å². The summed E-state index contributed by atoms with van der Waals surface area (Å²) in [6.07, 6.45) is 1.77. The number of nitrogens with one attached hydrogen (secondary N) is 2. The van der Waals surface area contributed by atoms with Crippen molar-refractivity contribution in [2.75, 3.05) is 38.2 Å². The Morgan fingerprint density at radius 2 is 2.08 bits per heavy atom. The predicted octanol–water partition coefficient (Wildman–Crippen LogP) is 3.11. The summed E-state index contributed by atoms with van der Waals surface area (Å²) >= 11 is 6.95. The molecule has 1 aliphatic heterocycles. The van der Waals surface area contributed by atoms with Gasteiger partial charge in [-0.15, -0.1) is 6.58 Å². The molecule has 1 aliphatic rings. The van der Waals surface area contributed by atoms with Gasteiger partial charge >= 0.3 is 0 Å². The van der Waals surface area contributed by atoms with Gasteiger partial charge in [-0.25, -0.2) is 4.98 Å². The summed E-state index contributed by atoms with van der Waals surface area (Å²) in [5, 5.41) is 7.62. The smallest absolute Gasteiger partial charge is 0.189 e. The average Bonchev–Trinajstić information content (AvgIpc) is 3.03. The molecule has 132 valence electrons. The molecular formula is C18H22N4OS2. The fraction of sp³-hybridized carbons (Fsp3) is 0.333. The number of thiazole rings is 1. The zero-order valence-electron chi connectivity index (χ0n) is 14.0. The molecule has 0 amide bonds. The minimum absolute atomic E-state index is 0.561. The van der Waals surface area contributed by atoms with Crippen molar-refractivity contribution in [3.05, 3.63) is 47.9 Å². The van der Waals surface area contributed by atoms with Gasteiger partial charge in [0.25, 0.3) is 0 Å². The molecule has 2 aromatic rings. The number of ether oxygens (including phenoxy) is 1. The van der Waals surface area contributed by atoms with E-state index < -0.39 is 0 Å². The molecule has 1 saturated heterocycles. The Hall–Kier alpha value is -1.80. The molecule has 0 radical (unpaired) electrons. The number of aromatic nitrogens is 1. The highest BCUT2D eigenvalue weighted by atomic mass is 32.1. The Balaban J connectivity index is 1.80. The first kappa shape index (κ1) is 18.0. The van der Waals surface area contributed by atoms with Gasteiger partial charge in [-0.2, -0.15) is 0 Å². The number of anilines is 1. The molecule has 3 rings (SSSR count). The van der Waals surface area contributed by atoms with Crippen LogP contribution in [0.25, 0.3) is 11.3 Å². The molecular weight excluding hydrogens is 352 g/mol. The van der Waals surface area contributed by atoms with Crippen molar-refractivity contribution in [2.24, 2.45) is 0 Å². The summed E-state index contributed by atoms with van der Waals surface area (Å²) in [6, 6.07) is 10.3. The number of rotatable bonds is 6. The molecule has 0 bridgehead atoms. The van der Waals surface area contributed by atoms with Crippen LogP contribution in [0.2, 0.25) is 0 Å². The molecule has 25 heavy (non-hydrogen) atoms. The van der Waals surface area contributed by atoms with E-state index in [9.17, 15) is 0 Å². The van der Waals surface area contributed by atoms with Crippen LogP contribution in [0.15, 0.2) is 43.0 Å². The van der Waals surface area contributed by atoms with Crippen LogP contribution in [-0.4, -0.2) is 47.8 Å². The minimum Gasteiger partial charge on any atom is -0.379 e. The van der Waals surface area contributed by atoms with Gasteiger partial charge in [0.1, 0.15) is 0 Å². The SMILES string of the molecule is C=CCNC(=S)Nc1nc(-c2ccccc2)c(CN2CCOCC2)s1. The molecule has 0 aliphatic carbocycles. The normalized spacial score (nSPS) is 14.9. The molecule has 1 aromatic carbocycles. The second kappa shape index (κ2) is 9.05. The number of nitrogens with zero attached hydrogens (tertiary/aromatic N) is 2. The minimum atomic E-state index is 0.561. The van der Waals surface area contributed by atoms with Crippen LogP contribution in [0, 0.1) is 0 Å². The highest BCUT2D eigenvalue weighted by Gasteiger charge is 2.18. The van der Waals surface area contributed by atoms with Crippen LogP contribution in [-0.2, 0) is 11.3 Å². The van der Waals surface area contributed by atoms with Gasteiger partial charge < -0.3 is 15.4 Å². The Morgan fingerprint density at radius 3 is 2.80 bits per heavy atom. The van der Waals surface area contributed by atoms with Gasteiger partial charge in [0.2, 0.25) is 0 Å². The first-order chi connectivity index (χ1) is 12.3. The lowest BCUT2D eigenvalue weighted by molar-refractivity contribution is 0.0347.